The van der Waals surface area contributed by atoms with Gasteiger partial charge >= 0.3 is 0 Å². The number of hydrogen-bond donors (Lipinski definition) is 0. The lowest BCUT2D eigenvalue weighted by molar-refractivity contribution is 0.393. The highest BCUT2D eigenvalue weighted by atomic mass is 15.2. The zero-order valence-electron chi connectivity index (χ0n) is 13.1. The summed E-state index contributed by atoms with van der Waals surface area (Å²) in [6.45, 7) is 4.42. The summed E-state index contributed by atoms with van der Waals surface area (Å²) in [5, 5.41) is 0. The highest BCUT2D eigenvalue weighted by Gasteiger charge is 2.45. The minimum atomic E-state index is 0.598. The molecule has 0 atom stereocenters. The lowest BCUT2D eigenvalue weighted by Crippen LogP contribution is -2.37. The van der Waals surface area contributed by atoms with E-state index in [0.29, 0.717) is 5.41 Å². The van der Waals surface area contributed by atoms with Gasteiger partial charge in [-0.3, -0.25) is 4.98 Å². The summed E-state index contributed by atoms with van der Waals surface area (Å²) in [6.07, 6.45) is 8.18. The van der Waals surface area contributed by atoms with Crippen LogP contribution in [-0.2, 0) is 6.42 Å². The lowest BCUT2D eigenvalue weighted by Gasteiger charge is -2.34. The molecule has 2 aromatic heterocycles. The first-order chi connectivity index (χ1) is 10.8. The van der Waals surface area contributed by atoms with Crippen molar-refractivity contribution < 1.29 is 0 Å². The molecule has 1 aliphatic carbocycles. The van der Waals surface area contributed by atoms with E-state index >= 15 is 0 Å². The van der Waals surface area contributed by atoms with Crippen LogP contribution in [0.3, 0.4) is 0 Å². The molecular weight excluding hydrogens is 272 g/mol. The van der Waals surface area contributed by atoms with Gasteiger partial charge in [0.15, 0.2) is 5.82 Å². The van der Waals surface area contributed by atoms with Crippen molar-refractivity contribution in [2.45, 2.75) is 39.0 Å². The Balaban J connectivity index is 1.69. The molecule has 0 bridgehead atoms. The number of aryl methyl sites for hydroxylation is 1. The Hall–Kier alpha value is -1.97. The number of rotatable bonds is 3. The molecule has 4 heteroatoms. The number of aromatic nitrogens is 3. The summed E-state index contributed by atoms with van der Waals surface area (Å²) in [7, 11) is 0. The maximum atomic E-state index is 4.82. The summed E-state index contributed by atoms with van der Waals surface area (Å²) in [5.41, 5.74) is 2.55. The quantitative estimate of drug-likeness (QED) is 0.869. The van der Waals surface area contributed by atoms with Crippen LogP contribution in [0.4, 0.5) is 5.82 Å². The predicted octanol–water partition coefficient (Wildman–Crippen LogP) is 3.48. The van der Waals surface area contributed by atoms with Crippen molar-refractivity contribution in [3.8, 4) is 11.5 Å². The van der Waals surface area contributed by atoms with Crippen molar-refractivity contribution in [1.29, 1.82) is 0 Å². The maximum absolute atomic E-state index is 4.82. The Morgan fingerprint density at radius 2 is 2.09 bits per heavy atom. The van der Waals surface area contributed by atoms with Gasteiger partial charge in [-0.15, -0.1) is 0 Å². The largest absolute Gasteiger partial charge is 0.356 e. The normalized spacial score (nSPS) is 19.4. The second-order valence-corrected chi connectivity index (χ2v) is 6.63. The molecule has 22 heavy (non-hydrogen) atoms. The molecule has 1 saturated heterocycles. The van der Waals surface area contributed by atoms with Crippen LogP contribution < -0.4 is 4.90 Å². The third kappa shape index (κ3) is 2.58. The summed E-state index contributed by atoms with van der Waals surface area (Å²) in [4.78, 5) is 16.4. The van der Waals surface area contributed by atoms with Crippen molar-refractivity contribution in [2.75, 3.05) is 18.0 Å². The zero-order valence-corrected chi connectivity index (χ0v) is 13.1. The van der Waals surface area contributed by atoms with Crippen LogP contribution in [0.25, 0.3) is 11.5 Å². The molecule has 0 N–H and O–H groups in total. The number of pyridine rings is 1. The van der Waals surface area contributed by atoms with Crippen LogP contribution in [0.1, 0.15) is 38.3 Å². The number of nitrogens with zero attached hydrogens (tertiary/aromatic N) is 4. The van der Waals surface area contributed by atoms with Crippen molar-refractivity contribution in [2.24, 2.45) is 5.41 Å². The Morgan fingerprint density at radius 3 is 2.82 bits per heavy atom. The Morgan fingerprint density at radius 1 is 1.18 bits per heavy atom. The predicted molar refractivity (Wildman–Crippen MR) is 87.8 cm³/mol. The third-order valence-corrected chi connectivity index (χ3v) is 4.96. The molecule has 114 valence electrons. The van der Waals surface area contributed by atoms with Crippen LogP contribution in [0.15, 0.2) is 30.5 Å². The summed E-state index contributed by atoms with van der Waals surface area (Å²) >= 11 is 0. The van der Waals surface area contributed by atoms with E-state index in [2.05, 4.69) is 27.9 Å². The van der Waals surface area contributed by atoms with Gasteiger partial charge in [-0.25, -0.2) is 9.97 Å². The average molecular weight is 294 g/mol. The second-order valence-electron chi connectivity index (χ2n) is 6.63. The summed E-state index contributed by atoms with van der Waals surface area (Å²) in [5.74, 6) is 1.84. The summed E-state index contributed by atoms with van der Waals surface area (Å²) in [6, 6.07) is 8.06. The van der Waals surface area contributed by atoms with Gasteiger partial charge in [0.1, 0.15) is 11.5 Å². The molecule has 2 aromatic rings. The van der Waals surface area contributed by atoms with Gasteiger partial charge < -0.3 is 4.90 Å². The van der Waals surface area contributed by atoms with E-state index in [9.17, 15) is 0 Å². The molecule has 4 nitrogen and oxygen atoms in total. The van der Waals surface area contributed by atoms with Crippen LogP contribution >= 0.6 is 0 Å². The minimum absolute atomic E-state index is 0.598. The molecular formula is C18H22N4. The molecule has 4 rings (SSSR count). The van der Waals surface area contributed by atoms with Crippen LogP contribution in [0.5, 0.6) is 0 Å². The monoisotopic (exact) mass is 294 g/mol. The van der Waals surface area contributed by atoms with Gasteiger partial charge in [0.2, 0.25) is 0 Å². The molecule has 2 aliphatic rings. The van der Waals surface area contributed by atoms with Gasteiger partial charge in [0.05, 0.1) is 0 Å². The van der Waals surface area contributed by atoms with E-state index in [0.717, 1.165) is 42.5 Å². The van der Waals surface area contributed by atoms with E-state index < -0.39 is 0 Å². The minimum Gasteiger partial charge on any atom is -0.356 e. The molecule has 1 spiro atoms. The van der Waals surface area contributed by atoms with Gasteiger partial charge in [0.25, 0.3) is 0 Å². The Labute approximate surface area is 131 Å². The molecule has 0 radical (unpaired) electrons. The topological polar surface area (TPSA) is 41.9 Å². The first-order valence-corrected chi connectivity index (χ1v) is 8.32. The second kappa shape index (κ2) is 5.34. The number of piperidine rings is 1. The van der Waals surface area contributed by atoms with Gasteiger partial charge in [-0.2, -0.15) is 0 Å². The van der Waals surface area contributed by atoms with Crippen molar-refractivity contribution in [1.82, 2.24) is 15.0 Å². The fraction of sp³-hybridized carbons (Fsp3) is 0.500. The van der Waals surface area contributed by atoms with E-state index in [1.807, 2.05) is 18.2 Å². The first kappa shape index (κ1) is 13.7. The first-order valence-electron chi connectivity index (χ1n) is 8.32. The fourth-order valence-corrected chi connectivity index (χ4v) is 3.42. The Bertz CT molecular complexity index is 664. The fourth-order valence-electron chi connectivity index (χ4n) is 3.42. The molecule has 0 unspecified atom stereocenters. The van der Waals surface area contributed by atoms with E-state index in [-0.39, 0.29) is 0 Å². The van der Waals surface area contributed by atoms with Gasteiger partial charge in [0, 0.05) is 31.0 Å². The van der Waals surface area contributed by atoms with Crippen LogP contribution in [-0.4, -0.2) is 28.0 Å². The van der Waals surface area contributed by atoms with Crippen LogP contribution in [0, 0.1) is 5.41 Å². The molecule has 1 saturated carbocycles. The van der Waals surface area contributed by atoms with E-state index in [1.54, 1.807) is 6.20 Å². The van der Waals surface area contributed by atoms with E-state index in [1.165, 1.54) is 25.7 Å². The Kier molecular flexibility index (Phi) is 3.32. The van der Waals surface area contributed by atoms with Crippen LogP contribution in [0.2, 0.25) is 0 Å². The molecule has 0 amide bonds. The zero-order chi connectivity index (χ0) is 15.0. The van der Waals surface area contributed by atoms with Gasteiger partial charge in [-0.05, 0) is 49.7 Å². The molecule has 2 fully saturated rings. The molecule has 3 heterocycles. The average Bonchev–Trinajstić information content (AvgIpc) is 3.33. The maximum Gasteiger partial charge on any atom is 0.180 e. The van der Waals surface area contributed by atoms with Crippen molar-refractivity contribution in [3.05, 3.63) is 36.2 Å². The number of hydrogen-bond acceptors (Lipinski definition) is 4. The standard InChI is InChI=1S/C18H22N4/c1-2-14-12-16(22-11-5-7-18(13-22)8-9-18)21-17(20-14)15-6-3-4-10-19-15/h3-4,6,10,12H,2,5,7-9,11,13H2,1H3. The highest BCUT2D eigenvalue weighted by molar-refractivity contribution is 5.54. The van der Waals surface area contributed by atoms with E-state index in [4.69, 9.17) is 4.98 Å². The van der Waals surface area contributed by atoms with Crippen molar-refractivity contribution in [3.63, 3.8) is 0 Å². The number of anilines is 1. The SMILES string of the molecule is CCc1cc(N2CCCC3(CC3)C2)nc(-c2ccccn2)n1. The third-order valence-electron chi connectivity index (χ3n) is 4.96. The summed E-state index contributed by atoms with van der Waals surface area (Å²) < 4.78 is 0. The van der Waals surface area contributed by atoms with Crippen molar-refractivity contribution >= 4 is 5.82 Å². The smallest absolute Gasteiger partial charge is 0.180 e. The lowest BCUT2D eigenvalue weighted by atomic mass is 9.95. The molecule has 0 aromatic carbocycles. The van der Waals surface area contributed by atoms with Gasteiger partial charge in [-0.1, -0.05) is 13.0 Å². The highest BCUT2D eigenvalue weighted by Crippen LogP contribution is 2.52. The molecule has 1 aliphatic heterocycles.